The topological polar surface area (TPSA) is 113 Å². The van der Waals surface area contributed by atoms with Crippen LogP contribution in [0.1, 0.15) is 16.1 Å². The van der Waals surface area contributed by atoms with Gasteiger partial charge in [0.1, 0.15) is 11.6 Å². The fourth-order valence-corrected chi connectivity index (χ4v) is 3.50. The lowest BCUT2D eigenvalue weighted by Crippen LogP contribution is -2.34. The maximum absolute atomic E-state index is 13.6. The Kier molecular flexibility index (Phi) is 5.89. The van der Waals surface area contributed by atoms with Crippen LogP contribution in [0.4, 0.5) is 15.9 Å². The predicted molar refractivity (Wildman–Crippen MR) is 109 cm³/mol. The van der Waals surface area contributed by atoms with Gasteiger partial charge in [-0.2, -0.15) is 0 Å². The Morgan fingerprint density at radius 3 is 2.45 bits per heavy atom. The van der Waals surface area contributed by atoms with E-state index in [9.17, 15) is 17.6 Å². The zero-order valence-electron chi connectivity index (χ0n) is 15.0. The van der Waals surface area contributed by atoms with E-state index >= 15 is 0 Å². The Balaban J connectivity index is 1.63. The van der Waals surface area contributed by atoms with E-state index in [0.717, 1.165) is 0 Å². The fraction of sp³-hybridized carbons (Fsp3) is 0.0556. The van der Waals surface area contributed by atoms with Gasteiger partial charge in [-0.15, -0.1) is 0 Å². The van der Waals surface area contributed by atoms with Crippen molar-refractivity contribution in [1.29, 1.82) is 0 Å². The SMILES string of the molecule is Cc1cc(NS(=O)(=O)c2ccc(NC(=S)NC(=O)c3ccccc3F)cc2)no1. The molecule has 8 nitrogen and oxygen atoms in total. The number of nitrogens with zero attached hydrogens (tertiary/aromatic N) is 1. The van der Waals surface area contributed by atoms with Gasteiger partial charge < -0.3 is 9.84 Å². The lowest BCUT2D eigenvalue weighted by molar-refractivity contribution is 0.0974. The number of aryl methyl sites for hydroxylation is 1. The van der Waals surface area contributed by atoms with Crippen molar-refractivity contribution in [2.24, 2.45) is 0 Å². The molecular formula is C18H15FN4O4S2. The average Bonchev–Trinajstić information content (AvgIpc) is 3.06. The molecule has 0 spiro atoms. The lowest BCUT2D eigenvalue weighted by Gasteiger charge is -2.11. The van der Waals surface area contributed by atoms with E-state index in [1.165, 1.54) is 54.6 Å². The normalized spacial score (nSPS) is 11.0. The number of carbonyl (C=O) groups excluding carboxylic acids is 1. The maximum atomic E-state index is 13.6. The second-order valence-corrected chi connectivity index (χ2v) is 7.93. The number of aromatic nitrogens is 1. The highest BCUT2D eigenvalue weighted by Crippen LogP contribution is 2.18. The zero-order chi connectivity index (χ0) is 21.0. The number of thiocarbonyl (C=S) groups is 1. The minimum atomic E-state index is -3.85. The molecule has 0 saturated carbocycles. The Bertz CT molecular complexity index is 1160. The van der Waals surface area contributed by atoms with E-state index in [2.05, 4.69) is 20.5 Å². The molecule has 1 aromatic heterocycles. The monoisotopic (exact) mass is 434 g/mol. The first-order valence-corrected chi connectivity index (χ1v) is 10.1. The predicted octanol–water partition coefficient (Wildman–Crippen LogP) is 3.05. The van der Waals surface area contributed by atoms with Gasteiger partial charge in [0, 0.05) is 11.8 Å². The summed E-state index contributed by atoms with van der Waals surface area (Å²) in [7, 11) is -3.85. The van der Waals surface area contributed by atoms with Crippen LogP contribution in [0.15, 0.2) is 64.0 Å². The van der Waals surface area contributed by atoms with E-state index in [0.29, 0.717) is 11.4 Å². The third-order valence-electron chi connectivity index (χ3n) is 3.63. The highest BCUT2D eigenvalue weighted by Gasteiger charge is 2.17. The molecule has 3 N–H and O–H groups in total. The smallest absolute Gasteiger partial charge is 0.263 e. The fourth-order valence-electron chi connectivity index (χ4n) is 2.31. The molecule has 29 heavy (non-hydrogen) atoms. The van der Waals surface area contributed by atoms with Crippen LogP contribution in [0.3, 0.4) is 0 Å². The molecule has 1 amide bonds. The van der Waals surface area contributed by atoms with Crippen molar-refractivity contribution in [2.75, 3.05) is 10.0 Å². The summed E-state index contributed by atoms with van der Waals surface area (Å²) >= 11 is 5.04. The summed E-state index contributed by atoms with van der Waals surface area (Å²) < 4.78 is 45.4. The first-order valence-electron chi connectivity index (χ1n) is 8.18. The van der Waals surface area contributed by atoms with Gasteiger partial charge in [-0.3, -0.25) is 14.8 Å². The molecular weight excluding hydrogens is 419 g/mol. The standard InChI is InChI=1S/C18H15FN4O4S2/c1-11-10-16(22-27-11)23-29(25,26)13-8-6-12(7-9-13)20-18(28)21-17(24)14-4-2-3-5-15(14)19/h2-10H,1H3,(H,22,23)(H2,20,21,24,28). The Morgan fingerprint density at radius 2 is 1.83 bits per heavy atom. The van der Waals surface area contributed by atoms with Crippen LogP contribution in [0, 0.1) is 12.7 Å². The first-order chi connectivity index (χ1) is 13.7. The van der Waals surface area contributed by atoms with Gasteiger partial charge in [0.2, 0.25) is 0 Å². The summed E-state index contributed by atoms with van der Waals surface area (Å²) in [4.78, 5) is 12.0. The van der Waals surface area contributed by atoms with Crippen LogP contribution in [0.2, 0.25) is 0 Å². The van der Waals surface area contributed by atoms with Crippen molar-refractivity contribution in [3.05, 3.63) is 71.7 Å². The number of amides is 1. The van der Waals surface area contributed by atoms with Crippen LogP contribution in [0.25, 0.3) is 0 Å². The number of halogens is 1. The first kappa shape index (κ1) is 20.4. The summed E-state index contributed by atoms with van der Waals surface area (Å²) in [6.45, 7) is 1.64. The van der Waals surface area contributed by atoms with Crippen LogP contribution < -0.4 is 15.4 Å². The van der Waals surface area contributed by atoms with Gasteiger partial charge in [0.25, 0.3) is 15.9 Å². The molecule has 0 bridgehead atoms. The van der Waals surface area contributed by atoms with E-state index in [1.807, 2.05) is 0 Å². The van der Waals surface area contributed by atoms with Crippen molar-refractivity contribution in [2.45, 2.75) is 11.8 Å². The minimum absolute atomic E-state index is 0.00925. The van der Waals surface area contributed by atoms with Crippen molar-refractivity contribution < 1.29 is 22.1 Å². The van der Waals surface area contributed by atoms with Crippen LogP contribution in [-0.4, -0.2) is 24.6 Å². The van der Waals surface area contributed by atoms with E-state index in [-0.39, 0.29) is 21.4 Å². The number of sulfonamides is 1. The molecule has 1 heterocycles. The molecule has 3 aromatic rings. The number of nitrogens with one attached hydrogen (secondary N) is 3. The molecule has 0 atom stereocenters. The van der Waals surface area contributed by atoms with Gasteiger partial charge in [-0.1, -0.05) is 17.3 Å². The van der Waals surface area contributed by atoms with Gasteiger partial charge in [0.05, 0.1) is 10.5 Å². The highest BCUT2D eigenvalue weighted by molar-refractivity contribution is 7.92. The molecule has 150 valence electrons. The summed E-state index contributed by atoms with van der Waals surface area (Å²) in [6.07, 6.45) is 0. The number of rotatable bonds is 5. The van der Waals surface area contributed by atoms with E-state index in [1.54, 1.807) is 6.92 Å². The summed E-state index contributed by atoms with van der Waals surface area (Å²) in [5, 5.41) is 8.60. The molecule has 0 aliphatic carbocycles. The molecule has 2 aromatic carbocycles. The van der Waals surface area contributed by atoms with Crippen molar-refractivity contribution in [3.63, 3.8) is 0 Å². The molecule has 0 aliphatic heterocycles. The zero-order valence-corrected chi connectivity index (χ0v) is 16.6. The lowest BCUT2D eigenvalue weighted by atomic mass is 10.2. The van der Waals surface area contributed by atoms with Gasteiger partial charge in [-0.05, 0) is 55.5 Å². The highest BCUT2D eigenvalue weighted by atomic mass is 32.2. The van der Waals surface area contributed by atoms with Crippen molar-refractivity contribution in [1.82, 2.24) is 10.5 Å². The van der Waals surface area contributed by atoms with Gasteiger partial charge >= 0.3 is 0 Å². The molecule has 0 saturated heterocycles. The minimum Gasteiger partial charge on any atom is -0.360 e. The third-order valence-corrected chi connectivity index (χ3v) is 5.21. The van der Waals surface area contributed by atoms with E-state index < -0.39 is 21.7 Å². The third kappa shape index (κ3) is 5.15. The number of hydrogen-bond acceptors (Lipinski definition) is 6. The van der Waals surface area contributed by atoms with Gasteiger partial charge in [-0.25, -0.2) is 12.8 Å². The Hall–Kier alpha value is -3.31. The summed E-state index contributed by atoms with van der Waals surface area (Å²) in [6, 6.07) is 12.6. The summed E-state index contributed by atoms with van der Waals surface area (Å²) in [5.74, 6) is -0.834. The number of hydrogen-bond donors (Lipinski definition) is 3. The number of anilines is 2. The number of carbonyl (C=O) groups is 1. The second kappa shape index (κ2) is 8.37. The van der Waals surface area contributed by atoms with Crippen molar-refractivity contribution in [3.8, 4) is 0 Å². The maximum Gasteiger partial charge on any atom is 0.263 e. The molecule has 3 rings (SSSR count). The average molecular weight is 434 g/mol. The quantitative estimate of drug-likeness (QED) is 0.529. The molecule has 0 fully saturated rings. The molecule has 0 aliphatic rings. The Labute approximate surface area is 171 Å². The van der Waals surface area contributed by atoms with Gasteiger partial charge in [0.15, 0.2) is 10.9 Å². The Morgan fingerprint density at radius 1 is 1.14 bits per heavy atom. The molecule has 0 radical (unpaired) electrons. The second-order valence-electron chi connectivity index (χ2n) is 5.84. The number of benzene rings is 2. The van der Waals surface area contributed by atoms with Crippen LogP contribution in [-0.2, 0) is 10.0 Å². The van der Waals surface area contributed by atoms with Crippen LogP contribution >= 0.6 is 12.2 Å². The van der Waals surface area contributed by atoms with Crippen LogP contribution in [0.5, 0.6) is 0 Å². The summed E-state index contributed by atoms with van der Waals surface area (Å²) in [5.41, 5.74) is 0.285. The van der Waals surface area contributed by atoms with E-state index in [4.69, 9.17) is 16.7 Å². The molecule has 0 unspecified atom stereocenters. The molecule has 11 heteroatoms. The largest absolute Gasteiger partial charge is 0.360 e. The van der Waals surface area contributed by atoms with Crippen molar-refractivity contribution >= 4 is 44.8 Å².